The number of rotatable bonds is 8. The van der Waals surface area contributed by atoms with E-state index < -0.39 is 0 Å². The molecule has 5 heteroatoms. The second-order valence-corrected chi connectivity index (χ2v) is 5.82. The average molecular weight is 336 g/mol. The van der Waals surface area contributed by atoms with E-state index in [2.05, 4.69) is 5.32 Å². The second-order valence-electron chi connectivity index (χ2n) is 5.38. The Morgan fingerprint density at radius 1 is 1.13 bits per heavy atom. The minimum Gasteiger partial charge on any atom is -0.493 e. The van der Waals surface area contributed by atoms with Crippen LogP contribution >= 0.6 is 11.6 Å². The standard InChI is InChI=1S/C18H22ClNO3/c1-13(21)10-20-11-14-6-7-17(18(9-14)22-2)23-12-15-4-3-5-16(19)8-15/h3-9,13,20-21H,10-12H2,1-2H3/t13-/m1/s1. The molecule has 0 heterocycles. The third kappa shape index (κ3) is 5.75. The van der Waals surface area contributed by atoms with E-state index in [0.29, 0.717) is 36.2 Å². The molecule has 23 heavy (non-hydrogen) atoms. The van der Waals surface area contributed by atoms with Crippen LogP contribution in [0, 0.1) is 0 Å². The van der Waals surface area contributed by atoms with Crippen molar-refractivity contribution in [1.82, 2.24) is 5.32 Å². The average Bonchev–Trinajstić information content (AvgIpc) is 2.53. The summed E-state index contributed by atoms with van der Waals surface area (Å²) in [6.45, 7) is 3.39. The van der Waals surface area contributed by atoms with Gasteiger partial charge in [0.25, 0.3) is 0 Å². The molecule has 0 aliphatic rings. The molecule has 0 amide bonds. The summed E-state index contributed by atoms with van der Waals surface area (Å²) in [6.07, 6.45) is -0.364. The fourth-order valence-electron chi connectivity index (χ4n) is 2.15. The van der Waals surface area contributed by atoms with Crippen molar-refractivity contribution in [2.24, 2.45) is 0 Å². The Kier molecular flexibility index (Phi) is 6.71. The Morgan fingerprint density at radius 2 is 1.96 bits per heavy atom. The van der Waals surface area contributed by atoms with Gasteiger partial charge < -0.3 is 19.9 Å². The predicted octanol–water partition coefficient (Wildman–Crippen LogP) is 3.40. The van der Waals surface area contributed by atoms with Crippen LogP contribution in [0.15, 0.2) is 42.5 Å². The van der Waals surface area contributed by atoms with Crippen molar-refractivity contribution < 1.29 is 14.6 Å². The van der Waals surface area contributed by atoms with E-state index in [1.807, 2.05) is 42.5 Å². The lowest BCUT2D eigenvalue weighted by molar-refractivity contribution is 0.191. The van der Waals surface area contributed by atoms with Gasteiger partial charge in [0.1, 0.15) is 6.61 Å². The number of aliphatic hydroxyl groups excluding tert-OH is 1. The first-order valence-electron chi connectivity index (χ1n) is 7.51. The van der Waals surface area contributed by atoms with Crippen LogP contribution in [0.5, 0.6) is 11.5 Å². The van der Waals surface area contributed by atoms with Crippen molar-refractivity contribution in [2.75, 3.05) is 13.7 Å². The lowest BCUT2D eigenvalue weighted by atomic mass is 10.2. The molecule has 1 atom stereocenters. The van der Waals surface area contributed by atoms with Gasteiger partial charge >= 0.3 is 0 Å². The van der Waals surface area contributed by atoms with E-state index in [9.17, 15) is 5.11 Å². The summed E-state index contributed by atoms with van der Waals surface area (Å²) in [5, 5.41) is 13.1. The molecule has 4 nitrogen and oxygen atoms in total. The lowest BCUT2D eigenvalue weighted by Crippen LogP contribution is -2.23. The Balaban J connectivity index is 1.98. The minimum atomic E-state index is -0.364. The minimum absolute atomic E-state index is 0.364. The van der Waals surface area contributed by atoms with E-state index in [4.69, 9.17) is 21.1 Å². The molecule has 0 fully saturated rings. The molecule has 0 spiro atoms. The van der Waals surface area contributed by atoms with Crippen LogP contribution in [0.25, 0.3) is 0 Å². The van der Waals surface area contributed by atoms with Gasteiger partial charge in [-0.15, -0.1) is 0 Å². The molecule has 0 saturated heterocycles. The molecule has 2 rings (SSSR count). The maximum atomic E-state index is 9.26. The van der Waals surface area contributed by atoms with Gasteiger partial charge in [-0.3, -0.25) is 0 Å². The van der Waals surface area contributed by atoms with Gasteiger partial charge in [0.05, 0.1) is 13.2 Å². The highest BCUT2D eigenvalue weighted by atomic mass is 35.5. The van der Waals surface area contributed by atoms with Gasteiger partial charge in [0.15, 0.2) is 11.5 Å². The predicted molar refractivity (Wildman–Crippen MR) is 92.2 cm³/mol. The van der Waals surface area contributed by atoms with Crippen LogP contribution < -0.4 is 14.8 Å². The summed E-state index contributed by atoms with van der Waals surface area (Å²) in [5.41, 5.74) is 2.07. The zero-order valence-electron chi connectivity index (χ0n) is 13.4. The van der Waals surface area contributed by atoms with Crippen molar-refractivity contribution in [3.8, 4) is 11.5 Å². The highest BCUT2D eigenvalue weighted by molar-refractivity contribution is 6.30. The summed E-state index contributed by atoms with van der Waals surface area (Å²) in [6, 6.07) is 13.4. The Labute approximate surface area is 142 Å². The number of benzene rings is 2. The molecule has 0 radical (unpaired) electrons. The topological polar surface area (TPSA) is 50.7 Å². The molecule has 0 unspecified atom stereocenters. The quantitative estimate of drug-likeness (QED) is 0.776. The second kappa shape index (κ2) is 8.77. The molecule has 2 aromatic rings. The number of methoxy groups -OCH3 is 1. The highest BCUT2D eigenvalue weighted by Crippen LogP contribution is 2.29. The normalized spacial score (nSPS) is 12.0. The Bertz CT molecular complexity index is 631. The SMILES string of the molecule is COc1cc(CNC[C@@H](C)O)ccc1OCc1cccc(Cl)c1. The molecule has 0 saturated carbocycles. The molecule has 0 aliphatic carbocycles. The molecule has 0 aromatic heterocycles. The van der Waals surface area contributed by atoms with Crippen LogP contribution in [-0.4, -0.2) is 24.9 Å². The Morgan fingerprint density at radius 3 is 2.65 bits per heavy atom. The smallest absolute Gasteiger partial charge is 0.161 e. The highest BCUT2D eigenvalue weighted by Gasteiger charge is 2.07. The van der Waals surface area contributed by atoms with Gasteiger partial charge in [0.2, 0.25) is 0 Å². The van der Waals surface area contributed by atoms with Crippen molar-refractivity contribution in [3.63, 3.8) is 0 Å². The van der Waals surface area contributed by atoms with Gasteiger partial charge in [-0.25, -0.2) is 0 Å². The lowest BCUT2D eigenvalue weighted by Gasteiger charge is -2.13. The number of hydrogen-bond acceptors (Lipinski definition) is 4. The first kappa shape index (κ1) is 17.6. The molecule has 2 N–H and O–H groups in total. The summed E-state index contributed by atoms with van der Waals surface area (Å²) < 4.78 is 11.2. The molecular weight excluding hydrogens is 314 g/mol. The third-order valence-electron chi connectivity index (χ3n) is 3.28. The Hall–Kier alpha value is -1.75. The molecule has 0 bridgehead atoms. The monoisotopic (exact) mass is 335 g/mol. The summed E-state index contributed by atoms with van der Waals surface area (Å²) in [5.74, 6) is 1.37. The van der Waals surface area contributed by atoms with E-state index >= 15 is 0 Å². The van der Waals surface area contributed by atoms with Gasteiger partial charge in [-0.2, -0.15) is 0 Å². The van der Waals surface area contributed by atoms with Crippen molar-refractivity contribution in [3.05, 3.63) is 58.6 Å². The van der Waals surface area contributed by atoms with E-state index in [1.165, 1.54) is 0 Å². The molecular formula is C18H22ClNO3. The van der Waals surface area contributed by atoms with Gasteiger partial charge in [0, 0.05) is 18.1 Å². The van der Waals surface area contributed by atoms with E-state index in [0.717, 1.165) is 11.1 Å². The fourth-order valence-corrected chi connectivity index (χ4v) is 2.37. The first-order chi connectivity index (χ1) is 11.1. The number of nitrogens with one attached hydrogen (secondary N) is 1. The van der Waals surface area contributed by atoms with Crippen molar-refractivity contribution in [1.29, 1.82) is 0 Å². The largest absolute Gasteiger partial charge is 0.493 e. The third-order valence-corrected chi connectivity index (χ3v) is 3.52. The maximum absolute atomic E-state index is 9.26. The van der Waals surface area contributed by atoms with Crippen LogP contribution in [0.3, 0.4) is 0 Å². The van der Waals surface area contributed by atoms with Gasteiger partial charge in [-0.1, -0.05) is 29.8 Å². The molecule has 2 aromatic carbocycles. The van der Waals surface area contributed by atoms with E-state index in [-0.39, 0.29) is 6.10 Å². The summed E-state index contributed by atoms with van der Waals surface area (Å²) in [7, 11) is 1.62. The number of aliphatic hydroxyl groups is 1. The van der Waals surface area contributed by atoms with Crippen LogP contribution in [0.2, 0.25) is 5.02 Å². The first-order valence-corrected chi connectivity index (χ1v) is 7.89. The van der Waals surface area contributed by atoms with Crippen molar-refractivity contribution >= 4 is 11.6 Å². The summed E-state index contributed by atoms with van der Waals surface area (Å²) >= 11 is 5.97. The molecule has 0 aliphatic heterocycles. The maximum Gasteiger partial charge on any atom is 0.161 e. The summed E-state index contributed by atoms with van der Waals surface area (Å²) in [4.78, 5) is 0. The van der Waals surface area contributed by atoms with Crippen LogP contribution in [0.1, 0.15) is 18.1 Å². The zero-order valence-corrected chi connectivity index (χ0v) is 14.1. The van der Waals surface area contributed by atoms with Crippen LogP contribution in [0.4, 0.5) is 0 Å². The number of hydrogen-bond donors (Lipinski definition) is 2. The van der Waals surface area contributed by atoms with Crippen molar-refractivity contribution in [2.45, 2.75) is 26.2 Å². The van der Waals surface area contributed by atoms with Gasteiger partial charge in [-0.05, 0) is 42.3 Å². The molecule has 124 valence electrons. The van der Waals surface area contributed by atoms with E-state index in [1.54, 1.807) is 14.0 Å². The zero-order chi connectivity index (χ0) is 16.7. The number of halogens is 1. The van der Waals surface area contributed by atoms with Crippen LogP contribution in [-0.2, 0) is 13.2 Å². The fraction of sp³-hybridized carbons (Fsp3) is 0.333. The number of ether oxygens (including phenoxy) is 2.